The van der Waals surface area contributed by atoms with Crippen molar-refractivity contribution in [1.82, 2.24) is 0 Å². The summed E-state index contributed by atoms with van der Waals surface area (Å²) in [6.45, 7) is 3.89. The Morgan fingerprint density at radius 3 is 2.65 bits per heavy atom. The zero-order valence-corrected chi connectivity index (χ0v) is 13.9. The molecule has 1 unspecified atom stereocenters. The molecular weight excluding hydrogens is 292 g/mol. The second-order valence-corrected chi connectivity index (χ2v) is 5.23. The molecule has 0 aromatic heterocycles. The van der Waals surface area contributed by atoms with Crippen molar-refractivity contribution in [3.8, 4) is 5.75 Å². The molecule has 0 aliphatic rings. The summed E-state index contributed by atoms with van der Waals surface area (Å²) < 4.78 is 5.05. The minimum absolute atomic E-state index is 0.0408. The van der Waals surface area contributed by atoms with Crippen molar-refractivity contribution in [2.45, 2.75) is 45.6 Å². The van der Waals surface area contributed by atoms with Gasteiger partial charge in [0.15, 0.2) is 0 Å². The van der Waals surface area contributed by atoms with E-state index in [1.807, 2.05) is 6.92 Å². The number of hydrogen-bond acceptors (Lipinski definition) is 4. The van der Waals surface area contributed by atoms with Crippen molar-refractivity contribution in [2.75, 3.05) is 6.61 Å². The maximum Gasteiger partial charge on any atom is 0.342 e. The van der Waals surface area contributed by atoms with Crippen molar-refractivity contribution >= 4 is 5.97 Å². The van der Waals surface area contributed by atoms with Crippen molar-refractivity contribution in [1.29, 1.82) is 0 Å². The number of allylic oxidation sites excluding steroid dienone is 3. The number of benzene rings is 1. The van der Waals surface area contributed by atoms with Crippen LogP contribution in [0.15, 0.2) is 42.5 Å². The highest BCUT2D eigenvalue weighted by Crippen LogP contribution is 2.24. The van der Waals surface area contributed by atoms with E-state index in [1.54, 1.807) is 24.3 Å². The number of esters is 1. The lowest BCUT2D eigenvalue weighted by atomic mass is 10.0. The predicted octanol–water partition coefficient (Wildman–Crippen LogP) is 3.77. The Bertz CT molecular complexity index is 546. The van der Waals surface area contributed by atoms with E-state index < -0.39 is 12.1 Å². The zero-order chi connectivity index (χ0) is 17.1. The number of rotatable bonds is 9. The first kappa shape index (κ1) is 19.0. The highest BCUT2D eigenvalue weighted by atomic mass is 16.5. The zero-order valence-electron chi connectivity index (χ0n) is 13.9. The average Bonchev–Trinajstić information content (AvgIpc) is 2.56. The third-order valence-electron chi connectivity index (χ3n) is 3.30. The Labute approximate surface area is 138 Å². The fourth-order valence-corrected chi connectivity index (χ4v) is 2.07. The van der Waals surface area contributed by atoms with Crippen LogP contribution >= 0.6 is 0 Å². The van der Waals surface area contributed by atoms with E-state index in [0.717, 1.165) is 19.3 Å². The summed E-state index contributed by atoms with van der Waals surface area (Å²) in [5.41, 5.74) is 0.847. The summed E-state index contributed by atoms with van der Waals surface area (Å²) in [4.78, 5) is 12.0. The number of aliphatic hydroxyl groups is 1. The lowest BCUT2D eigenvalue weighted by Crippen LogP contribution is -2.16. The number of aromatic hydroxyl groups is 1. The standard InChI is InChI=1S/C19H26O4/c1-3-5-7-8-10-15-11-9-13-17(18(15)21)19(22)23-14-16(20)12-6-4-2/h5-7,9,11-13,16,20-21H,3-4,8,10,14H2,1-2H3/b7-5-,12-6-. The maximum atomic E-state index is 12.0. The summed E-state index contributed by atoms with van der Waals surface area (Å²) >= 11 is 0. The Morgan fingerprint density at radius 1 is 1.22 bits per heavy atom. The van der Waals surface area contributed by atoms with Gasteiger partial charge in [-0.15, -0.1) is 0 Å². The largest absolute Gasteiger partial charge is 0.507 e. The average molecular weight is 318 g/mol. The number of carbonyl (C=O) groups is 1. The van der Waals surface area contributed by atoms with Crippen LogP contribution in [0.1, 0.15) is 49.0 Å². The van der Waals surface area contributed by atoms with Gasteiger partial charge in [0.1, 0.15) is 24.0 Å². The van der Waals surface area contributed by atoms with Gasteiger partial charge in [-0.05, 0) is 37.3 Å². The van der Waals surface area contributed by atoms with Gasteiger partial charge in [0.25, 0.3) is 0 Å². The number of hydrogen-bond donors (Lipinski definition) is 2. The van der Waals surface area contributed by atoms with Crippen LogP contribution in [0.25, 0.3) is 0 Å². The van der Waals surface area contributed by atoms with Gasteiger partial charge in [-0.2, -0.15) is 0 Å². The number of phenolic OH excluding ortho intramolecular Hbond substituents is 1. The van der Waals surface area contributed by atoms with Crippen LogP contribution in [0.2, 0.25) is 0 Å². The van der Waals surface area contributed by atoms with Crippen LogP contribution in [-0.4, -0.2) is 28.9 Å². The number of ether oxygens (including phenoxy) is 1. The monoisotopic (exact) mass is 318 g/mol. The van der Waals surface area contributed by atoms with Crippen LogP contribution in [0.4, 0.5) is 0 Å². The van der Waals surface area contributed by atoms with Crippen LogP contribution in [0.3, 0.4) is 0 Å². The first-order valence-corrected chi connectivity index (χ1v) is 8.07. The molecule has 1 aromatic carbocycles. The number of para-hydroxylation sites is 1. The first-order chi connectivity index (χ1) is 11.1. The van der Waals surface area contributed by atoms with Crippen LogP contribution in [0, 0.1) is 0 Å². The van der Waals surface area contributed by atoms with Crippen LogP contribution in [-0.2, 0) is 11.2 Å². The van der Waals surface area contributed by atoms with Gasteiger partial charge in [-0.1, -0.05) is 50.3 Å². The van der Waals surface area contributed by atoms with Crippen molar-refractivity contribution in [3.63, 3.8) is 0 Å². The smallest absolute Gasteiger partial charge is 0.342 e. The number of carbonyl (C=O) groups excluding carboxylic acids is 1. The van der Waals surface area contributed by atoms with E-state index in [2.05, 4.69) is 19.1 Å². The molecule has 0 aliphatic heterocycles. The normalized spacial score (nSPS) is 12.8. The van der Waals surface area contributed by atoms with Gasteiger partial charge in [-0.25, -0.2) is 4.79 Å². The van der Waals surface area contributed by atoms with Gasteiger partial charge in [-0.3, -0.25) is 0 Å². The summed E-state index contributed by atoms with van der Waals surface area (Å²) in [7, 11) is 0. The molecule has 0 fully saturated rings. The summed E-state index contributed by atoms with van der Waals surface area (Å²) in [5.74, 6) is -0.668. The fraction of sp³-hybridized carbons (Fsp3) is 0.421. The number of aliphatic hydroxyl groups excluding tert-OH is 1. The fourth-order valence-electron chi connectivity index (χ4n) is 2.07. The molecule has 0 saturated heterocycles. The molecule has 0 aliphatic carbocycles. The molecule has 0 radical (unpaired) electrons. The summed E-state index contributed by atoms with van der Waals surface area (Å²) in [5, 5.41) is 19.9. The molecule has 1 atom stereocenters. The molecule has 2 N–H and O–H groups in total. The van der Waals surface area contributed by atoms with Gasteiger partial charge in [0.05, 0.1) is 0 Å². The lowest BCUT2D eigenvalue weighted by Gasteiger charge is -2.11. The Hall–Kier alpha value is -2.07. The second-order valence-electron chi connectivity index (χ2n) is 5.23. The first-order valence-electron chi connectivity index (χ1n) is 8.07. The summed E-state index contributed by atoms with van der Waals surface area (Å²) in [6.07, 6.45) is 9.94. The molecule has 0 amide bonds. The maximum absolute atomic E-state index is 12.0. The Balaban J connectivity index is 2.66. The topological polar surface area (TPSA) is 66.8 Å². The highest BCUT2D eigenvalue weighted by molar-refractivity contribution is 5.92. The minimum atomic E-state index is -0.830. The van der Waals surface area contributed by atoms with Gasteiger partial charge < -0.3 is 14.9 Å². The van der Waals surface area contributed by atoms with E-state index in [-0.39, 0.29) is 17.9 Å². The molecule has 126 valence electrons. The Morgan fingerprint density at radius 2 is 1.96 bits per heavy atom. The van der Waals surface area contributed by atoms with Crippen LogP contribution in [0.5, 0.6) is 5.75 Å². The molecule has 0 bridgehead atoms. The van der Waals surface area contributed by atoms with Gasteiger partial charge in [0.2, 0.25) is 0 Å². The lowest BCUT2D eigenvalue weighted by molar-refractivity contribution is 0.0341. The second kappa shape index (κ2) is 10.6. The molecule has 0 saturated carbocycles. The summed E-state index contributed by atoms with van der Waals surface area (Å²) in [6, 6.07) is 5.05. The van der Waals surface area contributed by atoms with E-state index in [0.29, 0.717) is 12.0 Å². The van der Waals surface area contributed by atoms with E-state index in [4.69, 9.17) is 4.74 Å². The minimum Gasteiger partial charge on any atom is -0.507 e. The van der Waals surface area contributed by atoms with Crippen molar-refractivity contribution in [2.24, 2.45) is 0 Å². The third-order valence-corrected chi connectivity index (χ3v) is 3.30. The van der Waals surface area contributed by atoms with Crippen LogP contribution < -0.4 is 0 Å². The number of phenols is 1. The van der Waals surface area contributed by atoms with E-state index in [1.165, 1.54) is 6.07 Å². The highest BCUT2D eigenvalue weighted by Gasteiger charge is 2.16. The Kier molecular flexibility index (Phi) is 8.76. The molecule has 0 heterocycles. The molecular formula is C19H26O4. The van der Waals surface area contributed by atoms with E-state index >= 15 is 0 Å². The van der Waals surface area contributed by atoms with Gasteiger partial charge >= 0.3 is 5.97 Å². The molecule has 4 nitrogen and oxygen atoms in total. The third kappa shape index (κ3) is 6.70. The van der Waals surface area contributed by atoms with E-state index in [9.17, 15) is 15.0 Å². The van der Waals surface area contributed by atoms with Crippen molar-refractivity contribution < 1.29 is 19.7 Å². The molecule has 1 aromatic rings. The number of aryl methyl sites for hydroxylation is 1. The quantitative estimate of drug-likeness (QED) is 0.537. The van der Waals surface area contributed by atoms with Gasteiger partial charge in [0, 0.05) is 0 Å². The van der Waals surface area contributed by atoms with Crippen molar-refractivity contribution in [3.05, 3.63) is 53.6 Å². The molecule has 1 rings (SSSR count). The SMILES string of the molecule is CC/C=C\CCc1cccc(C(=O)OCC(O)/C=C\CC)c1O. The molecule has 4 heteroatoms. The molecule has 23 heavy (non-hydrogen) atoms. The molecule has 0 spiro atoms. The predicted molar refractivity (Wildman–Crippen MR) is 91.6 cm³/mol.